The fourth-order valence-corrected chi connectivity index (χ4v) is 3.28. The van der Waals surface area contributed by atoms with Crippen molar-refractivity contribution < 1.29 is 13.2 Å². The van der Waals surface area contributed by atoms with E-state index in [-0.39, 0.29) is 11.8 Å². The predicted octanol–water partition coefficient (Wildman–Crippen LogP) is 6.15. The molecule has 0 radical (unpaired) electrons. The van der Waals surface area contributed by atoms with Gasteiger partial charge in [0.2, 0.25) is 0 Å². The molecule has 0 aliphatic rings. The average molecular weight is 326 g/mol. The van der Waals surface area contributed by atoms with Crippen molar-refractivity contribution in [1.29, 1.82) is 0 Å². The lowest BCUT2D eigenvalue weighted by atomic mass is 9.91. The van der Waals surface area contributed by atoms with E-state index in [0.717, 1.165) is 32.3 Å². The molecule has 112 valence electrons. The second-order valence-corrected chi connectivity index (χ2v) is 6.12. The Morgan fingerprint density at radius 3 is 2.17 bits per heavy atom. The maximum Gasteiger partial charge on any atom is 0.453 e. The van der Waals surface area contributed by atoms with E-state index in [1.807, 2.05) is 48.5 Å². The van der Waals surface area contributed by atoms with Crippen LogP contribution >= 0.6 is 11.8 Å². The van der Waals surface area contributed by atoms with Crippen LogP contribution < -0.4 is 0 Å². The minimum absolute atomic E-state index is 0.311. The van der Waals surface area contributed by atoms with E-state index in [2.05, 4.69) is 17.2 Å². The van der Waals surface area contributed by atoms with Crippen LogP contribution in [-0.2, 0) is 0 Å². The molecule has 4 heteroatoms. The number of benzene rings is 4. The molecule has 0 heterocycles. The van der Waals surface area contributed by atoms with E-state index >= 15 is 0 Å². The number of halogens is 3. The standard InChI is InChI=1S/C19H9F3S/c20-19(21,22)23-10-9-14-11-15-5-1-3-12-7-8-13-4-2-6-16(14)18(13)17(12)15/h1-8,11H. The van der Waals surface area contributed by atoms with Crippen LogP contribution in [0, 0.1) is 11.2 Å². The summed E-state index contributed by atoms with van der Waals surface area (Å²) in [6.07, 6.45) is 0. The lowest BCUT2D eigenvalue weighted by Crippen LogP contribution is -1.96. The van der Waals surface area contributed by atoms with Gasteiger partial charge >= 0.3 is 5.51 Å². The highest BCUT2D eigenvalue weighted by atomic mass is 32.2. The summed E-state index contributed by atoms with van der Waals surface area (Å²) in [5, 5.41) is 8.44. The Bertz CT molecular complexity index is 1080. The molecule has 23 heavy (non-hydrogen) atoms. The zero-order valence-electron chi connectivity index (χ0n) is 11.7. The fraction of sp³-hybridized carbons (Fsp3) is 0.0526. The summed E-state index contributed by atoms with van der Waals surface area (Å²) in [5.74, 6) is 2.68. The van der Waals surface area contributed by atoms with Crippen molar-refractivity contribution in [1.82, 2.24) is 0 Å². The van der Waals surface area contributed by atoms with Gasteiger partial charge in [0.1, 0.15) is 0 Å². The van der Waals surface area contributed by atoms with Gasteiger partial charge in [0.25, 0.3) is 0 Å². The summed E-state index contributed by atoms with van der Waals surface area (Å²) in [5.41, 5.74) is -3.72. The smallest absolute Gasteiger partial charge is 0.160 e. The van der Waals surface area contributed by atoms with Gasteiger partial charge in [-0.25, -0.2) is 0 Å². The molecule has 0 unspecified atom stereocenters. The van der Waals surface area contributed by atoms with Crippen LogP contribution in [0.3, 0.4) is 0 Å². The van der Waals surface area contributed by atoms with Crippen molar-refractivity contribution in [2.75, 3.05) is 0 Å². The van der Waals surface area contributed by atoms with Crippen molar-refractivity contribution in [3.05, 3.63) is 60.2 Å². The van der Waals surface area contributed by atoms with Crippen LogP contribution in [0.1, 0.15) is 5.56 Å². The van der Waals surface area contributed by atoms with Gasteiger partial charge in [-0.05, 0) is 43.6 Å². The number of hydrogen-bond acceptors (Lipinski definition) is 1. The Labute approximate surface area is 134 Å². The normalized spacial score (nSPS) is 12.0. The van der Waals surface area contributed by atoms with E-state index in [4.69, 9.17) is 0 Å². The van der Waals surface area contributed by atoms with E-state index in [0.29, 0.717) is 5.56 Å². The topological polar surface area (TPSA) is 0 Å². The number of hydrogen-bond donors (Lipinski definition) is 0. The van der Waals surface area contributed by atoms with E-state index < -0.39 is 5.51 Å². The Morgan fingerprint density at radius 2 is 1.43 bits per heavy atom. The molecule has 0 bridgehead atoms. The Morgan fingerprint density at radius 1 is 0.783 bits per heavy atom. The van der Waals surface area contributed by atoms with Crippen molar-refractivity contribution >= 4 is 44.1 Å². The number of alkyl halides is 3. The molecule has 0 aliphatic carbocycles. The number of thioether (sulfide) groups is 1. The van der Waals surface area contributed by atoms with Crippen molar-refractivity contribution in [3.8, 4) is 11.2 Å². The van der Waals surface area contributed by atoms with Crippen LogP contribution in [0.25, 0.3) is 32.3 Å². The molecule has 0 saturated heterocycles. The van der Waals surface area contributed by atoms with Gasteiger partial charge in [0.15, 0.2) is 0 Å². The van der Waals surface area contributed by atoms with Crippen LogP contribution in [0.5, 0.6) is 0 Å². The fourth-order valence-electron chi connectivity index (χ4n) is 3.00. The molecule has 0 aliphatic heterocycles. The molecule has 4 rings (SSSR count). The lowest BCUT2D eigenvalue weighted by Gasteiger charge is -2.12. The van der Waals surface area contributed by atoms with Crippen LogP contribution in [-0.4, -0.2) is 5.51 Å². The van der Waals surface area contributed by atoms with E-state index in [1.165, 1.54) is 0 Å². The molecule has 4 aromatic rings. The quantitative estimate of drug-likeness (QED) is 0.276. The maximum absolute atomic E-state index is 12.3. The highest BCUT2D eigenvalue weighted by Crippen LogP contribution is 2.36. The molecule has 0 amide bonds. The van der Waals surface area contributed by atoms with Crippen LogP contribution in [0.15, 0.2) is 54.6 Å². The minimum atomic E-state index is -4.34. The van der Waals surface area contributed by atoms with Crippen molar-refractivity contribution in [2.24, 2.45) is 0 Å². The zero-order valence-corrected chi connectivity index (χ0v) is 12.6. The van der Waals surface area contributed by atoms with Crippen molar-refractivity contribution in [3.63, 3.8) is 0 Å². The third-order valence-electron chi connectivity index (χ3n) is 3.86. The SMILES string of the molecule is FC(F)(F)SC#Cc1cc2cccc3ccc4cccc1c4c32. The van der Waals surface area contributed by atoms with Gasteiger partial charge < -0.3 is 0 Å². The first-order chi connectivity index (χ1) is 11.0. The summed E-state index contributed by atoms with van der Waals surface area (Å²) >= 11 is -0.311. The summed E-state index contributed by atoms with van der Waals surface area (Å²) < 4.78 is 36.9. The van der Waals surface area contributed by atoms with Gasteiger partial charge in [-0.3, -0.25) is 0 Å². The molecule has 0 nitrogen and oxygen atoms in total. The van der Waals surface area contributed by atoms with Crippen molar-refractivity contribution in [2.45, 2.75) is 5.51 Å². The average Bonchev–Trinajstić information content (AvgIpc) is 2.52. The highest BCUT2D eigenvalue weighted by molar-refractivity contribution is 8.04. The molecular weight excluding hydrogens is 317 g/mol. The molecule has 0 N–H and O–H groups in total. The Kier molecular flexibility index (Phi) is 3.14. The highest BCUT2D eigenvalue weighted by Gasteiger charge is 2.27. The molecule has 0 spiro atoms. The number of rotatable bonds is 0. The first-order valence-electron chi connectivity index (χ1n) is 6.95. The first kappa shape index (κ1) is 14.2. The summed E-state index contributed by atoms with van der Waals surface area (Å²) in [6, 6.07) is 17.8. The molecule has 0 fully saturated rings. The lowest BCUT2D eigenvalue weighted by molar-refractivity contribution is -0.0318. The predicted molar refractivity (Wildman–Crippen MR) is 90.7 cm³/mol. The second kappa shape index (κ2) is 5.07. The Balaban J connectivity index is 2.05. The molecule has 0 saturated carbocycles. The largest absolute Gasteiger partial charge is 0.453 e. The monoisotopic (exact) mass is 326 g/mol. The summed E-state index contributed by atoms with van der Waals surface area (Å²) in [4.78, 5) is 0. The molecule has 4 aromatic carbocycles. The van der Waals surface area contributed by atoms with Gasteiger partial charge in [-0.1, -0.05) is 54.5 Å². The first-order valence-corrected chi connectivity index (χ1v) is 7.77. The van der Waals surface area contributed by atoms with Crippen LogP contribution in [0.4, 0.5) is 13.2 Å². The van der Waals surface area contributed by atoms with Gasteiger partial charge in [0.05, 0.1) is 0 Å². The maximum atomic E-state index is 12.3. The second-order valence-electron chi connectivity index (χ2n) is 5.25. The third kappa shape index (κ3) is 2.47. The van der Waals surface area contributed by atoms with Gasteiger partial charge in [-0.2, -0.15) is 13.2 Å². The zero-order chi connectivity index (χ0) is 16.0. The third-order valence-corrected chi connectivity index (χ3v) is 4.30. The Hall–Kier alpha value is -2.38. The molecule has 0 aromatic heterocycles. The summed E-state index contributed by atoms with van der Waals surface area (Å²) in [6.45, 7) is 0. The van der Waals surface area contributed by atoms with E-state index in [1.54, 1.807) is 0 Å². The summed E-state index contributed by atoms with van der Waals surface area (Å²) in [7, 11) is 0. The molecule has 0 atom stereocenters. The minimum Gasteiger partial charge on any atom is -0.160 e. The molecular formula is C19H9F3S. The van der Waals surface area contributed by atoms with Gasteiger partial charge in [0, 0.05) is 17.3 Å². The van der Waals surface area contributed by atoms with E-state index in [9.17, 15) is 13.2 Å². The van der Waals surface area contributed by atoms with Gasteiger partial charge in [-0.15, -0.1) is 0 Å². The van der Waals surface area contributed by atoms with Crippen LogP contribution in [0.2, 0.25) is 0 Å².